The summed E-state index contributed by atoms with van der Waals surface area (Å²) in [7, 11) is 0. The quantitative estimate of drug-likeness (QED) is 0.0988. The van der Waals surface area contributed by atoms with Crippen molar-refractivity contribution in [3.8, 4) is 46.3 Å². The third kappa shape index (κ3) is 10.4. The Morgan fingerprint density at radius 3 is 1.82 bits per heavy atom. The molecule has 0 heterocycles. The summed E-state index contributed by atoms with van der Waals surface area (Å²) in [4.78, 5) is 23.7. The second kappa shape index (κ2) is 17.4. The lowest BCUT2D eigenvalue weighted by Gasteiger charge is -2.08. The van der Waals surface area contributed by atoms with E-state index in [1.165, 1.54) is 22.3 Å². The molecule has 0 aromatic heterocycles. The number of aliphatic carboxylic acids is 2. The monoisotopic (exact) mass is 700 g/mol. The van der Waals surface area contributed by atoms with E-state index in [0.717, 1.165) is 55.5 Å². The van der Waals surface area contributed by atoms with Gasteiger partial charge in [-0.3, -0.25) is 0 Å². The molecule has 4 aromatic rings. The lowest BCUT2D eigenvalue weighted by atomic mass is 10.0. The summed E-state index contributed by atoms with van der Waals surface area (Å²) in [5, 5.41) is 17.6. The summed E-state index contributed by atoms with van der Waals surface area (Å²) in [6, 6.07) is 24.3. The molecule has 0 amide bonds. The third-order valence-corrected chi connectivity index (χ3v) is 9.55. The highest BCUT2D eigenvalue weighted by atomic mass is 32.2. The van der Waals surface area contributed by atoms with Crippen molar-refractivity contribution in [1.29, 1.82) is 0 Å². The first-order valence-corrected chi connectivity index (χ1v) is 17.9. The van der Waals surface area contributed by atoms with Crippen LogP contribution in [0.25, 0.3) is 11.1 Å². The van der Waals surface area contributed by atoms with Gasteiger partial charge in [-0.2, -0.15) is 0 Å². The highest BCUT2D eigenvalue weighted by molar-refractivity contribution is 7.99. The molecule has 0 aliphatic heterocycles. The van der Waals surface area contributed by atoms with Gasteiger partial charge in [0.05, 0.1) is 0 Å². The molecular formula is C42H36O6S2. The smallest absolute Gasteiger partial charge is 0.341 e. The van der Waals surface area contributed by atoms with E-state index in [1.807, 2.05) is 63.3 Å². The maximum Gasteiger partial charge on any atom is 0.341 e. The number of rotatable bonds is 12. The van der Waals surface area contributed by atoms with E-state index in [2.05, 4.69) is 66.2 Å². The first-order chi connectivity index (χ1) is 24.1. The van der Waals surface area contributed by atoms with Crippen LogP contribution >= 0.6 is 23.5 Å². The van der Waals surface area contributed by atoms with E-state index < -0.39 is 11.9 Å². The van der Waals surface area contributed by atoms with Gasteiger partial charge in [0.1, 0.15) is 11.5 Å². The first-order valence-electron chi connectivity index (χ1n) is 15.9. The molecule has 0 unspecified atom stereocenters. The van der Waals surface area contributed by atoms with Crippen molar-refractivity contribution in [2.45, 2.75) is 37.0 Å². The minimum atomic E-state index is -0.993. The van der Waals surface area contributed by atoms with Gasteiger partial charge in [-0.15, -0.1) is 23.5 Å². The molecule has 0 spiro atoms. The highest BCUT2D eigenvalue weighted by Gasteiger charge is 2.18. The fourth-order valence-electron chi connectivity index (χ4n) is 5.25. The van der Waals surface area contributed by atoms with Crippen LogP contribution in [0.5, 0.6) is 11.5 Å². The zero-order chi connectivity index (χ0) is 35.5. The summed E-state index contributed by atoms with van der Waals surface area (Å²) in [5.41, 5.74) is 9.82. The molecule has 252 valence electrons. The zero-order valence-electron chi connectivity index (χ0n) is 28.0. The molecule has 4 aromatic carbocycles. The summed E-state index contributed by atoms with van der Waals surface area (Å²) in [6.07, 6.45) is 6.88. The van der Waals surface area contributed by atoms with E-state index in [0.29, 0.717) is 11.5 Å². The van der Waals surface area contributed by atoms with Gasteiger partial charge in [0.25, 0.3) is 0 Å². The van der Waals surface area contributed by atoms with E-state index >= 15 is 0 Å². The molecule has 2 N–H and O–H groups in total. The summed E-state index contributed by atoms with van der Waals surface area (Å²) < 4.78 is 10.6. The minimum absolute atomic E-state index is 0.349. The third-order valence-electron chi connectivity index (χ3n) is 7.68. The van der Waals surface area contributed by atoms with Crippen molar-refractivity contribution >= 4 is 35.5 Å². The topological polar surface area (TPSA) is 93.1 Å². The molecule has 1 aliphatic carbocycles. The SMILES string of the molecule is C/C(C#Cc1ccc2c(c1)Cc1cc(C#C/C=C/CSc3ccc(OCC(=O)O)c(C)c3)ccc1-2)=C\CSc1ccc(OCC(=O)O)c(C)c1. The molecule has 1 aliphatic rings. The van der Waals surface area contributed by atoms with Gasteiger partial charge in [0, 0.05) is 32.4 Å². The van der Waals surface area contributed by atoms with Gasteiger partial charge >= 0.3 is 11.9 Å². The number of aryl methyl sites for hydroxylation is 2. The van der Waals surface area contributed by atoms with Crippen molar-refractivity contribution in [3.05, 3.63) is 130 Å². The highest BCUT2D eigenvalue weighted by Crippen LogP contribution is 2.37. The second-order valence-electron chi connectivity index (χ2n) is 11.6. The Balaban J connectivity index is 1.11. The van der Waals surface area contributed by atoms with Crippen molar-refractivity contribution in [3.63, 3.8) is 0 Å². The first kappa shape index (κ1) is 36.0. The van der Waals surface area contributed by atoms with Crippen LogP contribution < -0.4 is 9.47 Å². The number of carboxylic acid groups (broad SMARTS) is 2. The largest absolute Gasteiger partial charge is 0.482 e. The standard InChI is InChI=1S/C42H36O6S2/c1-28(18-20-50-36-13-17-40(30(3)22-36)48-27-42(45)46)8-9-32-11-15-38-34(24-32)25-33-23-31(10-14-37(33)38)7-5-4-6-19-49-35-12-16-39(29(2)21-35)47-26-41(43)44/h4,6,10-18,21-24H,19-20,25-27H2,1-3H3,(H,43,44)(H,45,46)/b6-4+,28-18+. The number of carbonyl (C=O) groups is 2. The number of thioether (sulfide) groups is 2. The molecule has 50 heavy (non-hydrogen) atoms. The fourth-order valence-corrected chi connectivity index (χ4v) is 7.01. The maximum atomic E-state index is 10.8. The molecule has 0 radical (unpaired) electrons. The van der Waals surface area contributed by atoms with Gasteiger partial charge in [-0.05, 0) is 133 Å². The maximum absolute atomic E-state index is 10.8. The number of hydrogen-bond acceptors (Lipinski definition) is 6. The number of allylic oxidation sites excluding steroid dienone is 2. The predicted molar refractivity (Wildman–Crippen MR) is 201 cm³/mol. The molecule has 0 saturated heterocycles. The Kier molecular flexibility index (Phi) is 12.5. The van der Waals surface area contributed by atoms with Gasteiger partial charge in [-0.25, -0.2) is 9.59 Å². The van der Waals surface area contributed by atoms with Gasteiger partial charge < -0.3 is 19.7 Å². The minimum Gasteiger partial charge on any atom is -0.482 e. The molecule has 0 atom stereocenters. The molecule has 0 saturated carbocycles. The summed E-state index contributed by atoms with van der Waals surface area (Å²) >= 11 is 3.37. The van der Waals surface area contributed by atoms with Crippen LogP contribution in [0.1, 0.15) is 40.3 Å². The predicted octanol–water partition coefficient (Wildman–Crippen LogP) is 8.59. The average Bonchev–Trinajstić information content (AvgIpc) is 3.45. The Labute approximate surface area is 301 Å². The number of fused-ring (bicyclic) bond motifs is 3. The van der Waals surface area contributed by atoms with E-state index in [4.69, 9.17) is 19.7 Å². The second-order valence-corrected chi connectivity index (χ2v) is 13.8. The molecule has 0 fully saturated rings. The number of ether oxygens (including phenoxy) is 2. The Morgan fingerprint density at radius 2 is 1.28 bits per heavy atom. The summed E-state index contributed by atoms with van der Waals surface area (Å²) in [5.74, 6) is 13.7. The van der Waals surface area contributed by atoms with Crippen LogP contribution in [-0.2, 0) is 16.0 Å². The lowest BCUT2D eigenvalue weighted by Crippen LogP contribution is -2.09. The number of hydrogen-bond donors (Lipinski definition) is 2. The Morgan fingerprint density at radius 1 is 0.740 bits per heavy atom. The van der Waals surface area contributed by atoms with Crippen molar-refractivity contribution in [2.24, 2.45) is 0 Å². The van der Waals surface area contributed by atoms with Crippen LogP contribution in [0.4, 0.5) is 0 Å². The average molecular weight is 701 g/mol. The Hall–Kier alpha value is -5.28. The summed E-state index contributed by atoms with van der Waals surface area (Å²) in [6.45, 7) is 5.14. The van der Waals surface area contributed by atoms with Crippen LogP contribution in [-0.4, -0.2) is 46.9 Å². The molecule has 8 heteroatoms. The lowest BCUT2D eigenvalue weighted by molar-refractivity contribution is -0.140. The zero-order valence-corrected chi connectivity index (χ0v) is 29.7. The fraction of sp³-hybridized carbons (Fsp3) is 0.190. The van der Waals surface area contributed by atoms with Crippen LogP contribution in [0, 0.1) is 37.5 Å². The Bertz CT molecular complexity index is 2110. The van der Waals surface area contributed by atoms with Gasteiger partial charge in [-0.1, -0.05) is 48.0 Å². The molecule has 5 rings (SSSR count). The van der Waals surface area contributed by atoms with Crippen molar-refractivity contribution in [2.75, 3.05) is 24.7 Å². The van der Waals surface area contributed by atoms with E-state index in [-0.39, 0.29) is 13.2 Å². The normalized spacial score (nSPS) is 11.5. The van der Waals surface area contributed by atoms with Crippen LogP contribution in [0.3, 0.4) is 0 Å². The number of benzene rings is 4. The van der Waals surface area contributed by atoms with Gasteiger partial charge in [0.15, 0.2) is 13.2 Å². The van der Waals surface area contributed by atoms with Gasteiger partial charge in [0.2, 0.25) is 0 Å². The number of carboxylic acids is 2. The van der Waals surface area contributed by atoms with E-state index in [9.17, 15) is 9.59 Å². The van der Waals surface area contributed by atoms with Crippen molar-refractivity contribution in [1.82, 2.24) is 0 Å². The molecule has 6 nitrogen and oxygen atoms in total. The van der Waals surface area contributed by atoms with Crippen LogP contribution in [0.15, 0.2) is 106 Å². The molecular weight excluding hydrogens is 665 g/mol. The van der Waals surface area contributed by atoms with Crippen molar-refractivity contribution < 1.29 is 29.3 Å². The van der Waals surface area contributed by atoms with E-state index in [1.54, 1.807) is 29.6 Å². The van der Waals surface area contributed by atoms with Crippen LogP contribution in [0.2, 0.25) is 0 Å². The molecule has 0 bridgehead atoms.